The van der Waals surface area contributed by atoms with Gasteiger partial charge in [-0.15, -0.1) is 0 Å². The van der Waals surface area contributed by atoms with Crippen molar-refractivity contribution >= 4 is 27.3 Å². The molecule has 0 fully saturated rings. The summed E-state index contributed by atoms with van der Waals surface area (Å²) in [5, 5.41) is 2.53. The van der Waals surface area contributed by atoms with Gasteiger partial charge in [-0.25, -0.2) is 12.8 Å². The summed E-state index contributed by atoms with van der Waals surface area (Å²) in [4.78, 5) is 12.2. The fourth-order valence-electron chi connectivity index (χ4n) is 2.66. The number of rotatable bonds is 7. The average Bonchev–Trinajstić information content (AvgIpc) is 2.74. The SMILES string of the molecule is COc1ccc(OC)c(NS(=O)(=O)c2ccc(NC(=O)c3ccccc3F)cc2)c1. The molecule has 3 aromatic carbocycles. The van der Waals surface area contributed by atoms with Gasteiger partial charge in [-0.1, -0.05) is 12.1 Å². The van der Waals surface area contributed by atoms with E-state index in [4.69, 9.17) is 9.47 Å². The lowest BCUT2D eigenvalue weighted by molar-refractivity contribution is 0.102. The highest BCUT2D eigenvalue weighted by atomic mass is 32.2. The second-order valence-corrected chi connectivity index (χ2v) is 7.81. The lowest BCUT2D eigenvalue weighted by atomic mass is 10.2. The number of hydrogen-bond acceptors (Lipinski definition) is 5. The molecule has 0 bridgehead atoms. The van der Waals surface area contributed by atoms with E-state index in [2.05, 4.69) is 10.0 Å². The van der Waals surface area contributed by atoms with E-state index in [1.165, 1.54) is 62.8 Å². The van der Waals surface area contributed by atoms with Gasteiger partial charge in [-0.3, -0.25) is 9.52 Å². The number of hydrogen-bond donors (Lipinski definition) is 2. The molecule has 0 aliphatic heterocycles. The highest BCUT2D eigenvalue weighted by Gasteiger charge is 2.18. The number of methoxy groups -OCH3 is 2. The van der Waals surface area contributed by atoms with Gasteiger partial charge in [0.2, 0.25) is 0 Å². The van der Waals surface area contributed by atoms with Gasteiger partial charge in [0.15, 0.2) is 0 Å². The van der Waals surface area contributed by atoms with Crippen molar-refractivity contribution in [3.8, 4) is 11.5 Å². The molecule has 0 aliphatic carbocycles. The van der Waals surface area contributed by atoms with Gasteiger partial charge in [0.1, 0.15) is 17.3 Å². The molecule has 0 atom stereocenters. The Morgan fingerprint density at radius 3 is 2.27 bits per heavy atom. The second-order valence-electron chi connectivity index (χ2n) is 6.13. The number of carbonyl (C=O) groups is 1. The van der Waals surface area contributed by atoms with Crippen molar-refractivity contribution in [2.24, 2.45) is 0 Å². The van der Waals surface area contributed by atoms with E-state index in [0.29, 0.717) is 17.2 Å². The predicted octanol–water partition coefficient (Wildman–Crippen LogP) is 3.90. The first-order chi connectivity index (χ1) is 14.3. The van der Waals surface area contributed by atoms with Gasteiger partial charge in [0.25, 0.3) is 15.9 Å². The Morgan fingerprint density at radius 2 is 1.63 bits per heavy atom. The standard InChI is InChI=1S/C21H19FN2O5S/c1-28-15-9-12-20(29-2)19(13-15)24-30(26,27)16-10-7-14(8-11-16)23-21(25)17-5-3-4-6-18(17)22/h3-13,24H,1-2H3,(H,23,25). The number of nitrogens with one attached hydrogen (secondary N) is 2. The summed E-state index contributed by atoms with van der Waals surface area (Å²) in [6.07, 6.45) is 0. The van der Waals surface area contributed by atoms with Crippen LogP contribution in [0.15, 0.2) is 71.6 Å². The maximum absolute atomic E-state index is 13.7. The number of halogens is 1. The summed E-state index contributed by atoms with van der Waals surface area (Å²) < 4.78 is 51.9. The number of ether oxygens (including phenoxy) is 2. The van der Waals surface area contributed by atoms with Gasteiger partial charge in [0.05, 0.1) is 30.4 Å². The van der Waals surface area contributed by atoms with Gasteiger partial charge in [0, 0.05) is 11.8 Å². The molecule has 0 aromatic heterocycles. The van der Waals surface area contributed by atoms with Crippen molar-refractivity contribution in [2.45, 2.75) is 4.90 Å². The minimum atomic E-state index is -3.93. The van der Waals surface area contributed by atoms with Crippen LogP contribution in [0.5, 0.6) is 11.5 Å². The lowest BCUT2D eigenvalue weighted by Gasteiger charge is -2.13. The highest BCUT2D eigenvalue weighted by Crippen LogP contribution is 2.31. The van der Waals surface area contributed by atoms with Crippen LogP contribution in [0.2, 0.25) is 0 Å². The highest BCUT2D eigenvalue weighted by molar-refractivity contribution is 7.92. The molecule has 1 amide bonds. The molecule has 7 nitrogen and oxygen atoms in total. The van der Waals surface area contributed by atoms with Crippen LogP contribution < -0.4 is 19.5 Å². The normalized spacial score (nSPS) is 10.9. The lowest BCUT2D eigenvalue weighted by Crippen LogP contribution is -2.15. The minimum Gasteiger partial charge on any atom is -0.497 e. The van der Waals surface area contributed by atoms with Crippen LogP contribution in [0.25, 0.3) is 0 Å². The Morgan fingerprint density at radius 1 is 0.933 bits per heavy atom. The third-order valence-corrected chi connectivity index (χ3v) is 5.57. The molecule has 0 unspecified atom stereocenters. The largest absolute Gasteiger partial charge is 0.497 e. The average molecular weight is 430 g/mol. The molecule has 156 valence electrons. The Hall–Kier alpha value is -3.59. The second kappa shape index (κ2) is 8.83. The van der Waals surface area contributed by atoms with E-state index < -0.39 is 21.7 Å². The predicted molar refractivity (Wildman–Crippen MR) is 111 cm³/mol. The molecule has 0 saturated heterocycles. The molecule has 2 N–H and O–H groups in total. The van der Waals surface area contributed by atoms with Crippen molar-refractivity contribution in [2.75, 3.05) is 24.3 Å². The summed E-state index contributed by atoms with van der Waals surface area (Å²) in [6.45, 7) is 0. The van der Waals surface area contributed by atoms with Crippen LogP contribution in [0, 0.1) is 5.82 Å². The van der Waals surface area contributed by atoms with Crippen molar-refractivity contribution in [3.05, 3.63) is 78.1 Å². The first-order valence-corrected chi connectivity index (χ1v) is 10.2. The fraction of sp³-hybridized carbons (Fsp3) is 0.0952. The molecule has 0 spiro atoms. The van der Waals surface area contributed by atoms with Gasteiger partial charge < -0.3 is 14.8 Å². The quantitative estimate of drug-likeness (QED) is 0.593. The first-order valence-electron chi connectivity index (χ1n) is 8.75. The Balaban J connectivity index is 1.78. The van der Waals surface area contributed by atoms with E-state index in [9.17, 15) is 17.6 Å². The van der Waals surface area contributed by atoms with Crippen molar-refractivity contribution in [1.82, 2.24) is 0 Å². The maximum atomic E-state index is 13.7. The summed E-state index contributed by atoms with van der Waals surface area (Å²) in [5.74, 6) is -0.499. The molecule has 0 aliphatic rings. The number of carbonyl (C=O) groups excluding carboxylic acids is 1. The molecular formula is C21H19FN2O5S. The molecule has 30 heavy (non-hydrogen) atoms. The topological polar surface area (TPSA) is 93.7 Å². The molecule has 0 radical (unpaired) electrons. The van der Waals surface area contributed by atoms with Crippen LogP contribution in [0.3, 0.4) is 0 Å². The Labute approximate surface area is 173 Å². The summed E-state index contributed by atoms with van der Waals surface area (Å²) in [7, 11) is -1.04. The fourth-order valence-corrected chi connectivity index (χ4v) is 3.72. The van der Waals surface area contributed by atoms with Crippen molar-refractivity contribution in [1.29, 1.82) is 0 Å². The zero-order valence-electron chi connectivity index (χ0n) is 16.2. The number of sulfonamides is 1. The molecule has 0 saturated carbocycles. The maximum Gasteiger partial charge on any atom is 0.262 e. The monoisotopic (exact) mass is 430 g/mol. The smallest absolute Gasteiger partial charge is 0.262 e. The van der Waals surface area contributed by atoms with Gasteiger partial charge in [-0.2, -0.15) is 0 Å². The third-order valence-electron chi connectivity index (χ3n) is 4.19. The Bertz CT molecular complexity index is 1160. The van der Waals surface area contributed by atoms with Crippen molar-refractivity contribution in [3.63, 3.8) is 0 Å². The van der Waals surface area contributed by atoms with Gasteiger partial charge in [-0.05, 0) is 48.5 Å². The molecule has 9 heteroatoms. The zero-order chi connectivity index (χ0) is 21.7. The van der Waals surface area contributed by atoms with E-state index >= 15 is 0 Å². The molecule has 3 rings (SSSR count). The van der Waals surface area contributed by atoms with E-state index in [1.807, 2.05) is 0 Å². The Kier molecular flexibility index (Phi) is 6.22. The van der Waals surface area contributed by atoms with Crippen molar-refractivity contribution < 1.29 is 27.1 Å². The number of amides is 1. The summed E-state index contributed by atoms with van der Waals surface area (Å²) in [5.41, 5.74) is 0.427. The third kappa shape index (κ3) is 4.69. The molecule has 0 heterocycles. The first kappa shape index (κ1) is 21.1. The number of benzene rings is 3. The van der Waals surface area contributed by atoms with E-state index in [1.54, 1.807) is 18.2 Å². The van der Waals surface area contributed by atoms with Crippen LogP contribution in [0.4, 0.5) is 15.8 Å². The van der Waals surface area contributed by atoms with Gasteiger partial charge >= 0.3 is 0 Å². The van der Waals surface area contributed by atoms with Crippen LogP contribution in [0.1, 0.15) is 10.4 Å². The molecule has 3 aromatic rings. The van der Waals surface area contributed by atoms with E-state index in [-0.39, 0.29) is 16.1 Å². The summed E-state index contributed by atoms with van der Waals surface area (Å²) in [6, 6.07) is 15.8. The van der Waals surface area contributed by atoms with E-state index in [0.717, 1.165) is 0 Å². The van der Waals surface area contributed by atoms with Crippen LogP contribution in [-0.4, -0.2) is 28.5 Å². The van der Waals surface area contributed by atoms with Crippen LogP contribution in [-0.2, 0) is 10.0 Å². The van der Waals surface area contributed by atoms with Crippen LogP contribution >= 0.6 is 0 Å². The minimum absolute atomic E-state index is 0.0312. The summed E-state index contributed by atoms with van der Waals surface area (Å²) >= 11 is 0. The molecular weight excluding hydrogens is 411 g/mol. The zero-order valence-corrected chi connectivity index (χ0v) is 17.0. The number of anilines is 2.